The molecule has 1 aliphatic carbocycles. The number of rotatable bonds is 4. The van der Waals surface area contributed by atoms with Crippen molar-refractivity contribution >= 4 is 17.5 Å². The van der Waals surface area contributed by atoms with E-state index in [1.165, 1.54) is 6.42 Å². The summed E-state index contributed by atoms with van der Waals surface area (Å²) in [5, 5.41) is 5.16. The zero-order chi connectivity index (χ0) is 17.7. The van der Waals surface area contributed by atoms with E-state index in [0.717, 1.165) is 25.7 Å². The number of ether oxygens (including phenoxy) is 3. The summed E-state index contributed by atoms with van der Waals surface area (Å²) in [7, 11) is 1.56. The number of hydrogen-bond donors (Lipinski definition) is 2. The van der Waals surface area contributed by atoms with Gasteiger partial charge in [-0.2, -0.15) is 0 Å². The number of anilines is 1. The molecule has 25 heavy (non-hydrogen) atoms. The van der Waals surface area contributed by atoms with Crippen molar-refractivity contribution in [3.05, 3.63) is 24.3 Å². The molecule has 2 N–H and O–H groups in total. The number of carbonyl (C=O) groups is 2. The van der Waals surface area contributed by atoms with Crippen LogP contribution in [-0.2, 0) is 19.1 Å². The van der Waals surface area contributed by atoms with E-state index in [1.807, 2.05) is 0 Å². The molecule has 7 heteroatoms. The number of benzene rings is 1. The summed E-state index contributed by atoms with van der Waals surface area (Å²) in [5.74, 6) is -1.20. The van der Waals surface area contributed by atoms with Gasteiger partial charge in [-0.3, -0.25) is 9.59 Å². The third kappa shape index (κ3) is 4.49. The van der Waals surface area contributed by atoms with Gasteiger partial charge in [0, 0.05) is 25.1 Å². The van der Waals surface area contributed by atoms with Crippen molar-refractivity contribution in [1.29, 1.82) is 0 Å². The Kier molecular flexibility index (Phi) is 5.55. The average Bonchev–Trinajstić information content (AvgIpc) is 3.03. The van der Waals surface area contributed by atoms with Gasteiger partial charge in [-0.25, -0.2) is 0 Å². The van der Waals surface area contributed by atoms with Crippen LogP contribution in [0.25, 0.3) is 0 Å². The van der Waals surface area contributed by atoms with Gasteiger partial charge < -0.3 is 24.8 Å². The van der Waals surface area contributed by atoms with Crippen molar-refractivity contribution in [2.75, 3.05) is 25.6 Å². The van der Waals surface area contributed by atoms with Crippen molar-refractivity contribution in [2.24, 2.45) is 0 Å². The topological polar surface area (TPSA) is 85.9 Å². The van der Waals surface area contributed by atoms with E-state index in [0.29, 0.717) is 18.0 Å². The smallest absolute Gasteiger partial charge is 0.313 e. The van der Waals surface area contributed by atoms with E-state index < -0.39 is 17.6 Å². The van der Waals surface area contributed by atoms with Crippen molar-refractivity contribution in [3.8, 4) is 5.75 Å². The van der Waals surface area contributed by atoms with Gasteiger partial charge in [-0.05, 0) is 37.1 Å². The zero-order valence-corrected chi connectivity index (χ0v) is 14.4. The van der Waals surface area contributed by atoms with Gasteiger partial charge in [0.1, 0.15) is 11.9 Å². The van der Waals surface area contributed by atoms with E-state index >= 15 is 0 Å². The van der Waals surface area contributed by atoms with Crippen LogP contribution in [0.4, 0.5) is 5.69 Å². The molecule has 3 rings (SSSR count). The predicted molar refractivity (Wildman–Crippen MR) is 91.3 cm³/mol. The van der Waals surface area contributed by atoms with Crippen LogP contribution in [0.3, 0.4) is 0 Å². The molecule has 1 atom stereocenters. The van der Waals surface area contributed by atoms with Crippen molar-refractivity contribution in [2.45, 2.75) is 44.0 Å². The van der Waals surface area contributed by atoms with E-state index in [-0.39, 0.29) is 12.6 Å². The summed E-state index contributed by atoms with van der Waals surface area (Å²) in [6, 6.07) is 6.76. The molecule has 2 aliphatic rings. The van der Waals surface area contributed by atoms with Gasteiger partial charge in [0.2, 0.25) is 0 Å². The molecule has 1 unspecified atom stereocenters. The van der Waals surface area contributed by atoms with Gasteiger partial charge in [-0.15, -0.1) is 0 Å². The molecule has 7 nitrogen and oxygen atoms in total. The summed E-state index contributed by atoms with van der Waals surface area (Å²) in [6.45, 7) is 0.705. The molecule has 1 aliphatic heterocycles. The average molecular weight is 348 g/mol. The van der Waals surface area contributed by atoms with Crippen LogP contribution in [0.1, 0.15) is 32.1 Å². The number of carbonyl (C=O) groups excluding carboxylic acids is 2. The second-order valence-corrected chi connectivity index (χ2v) is 6.41. The number of amides is 2. The second-order valence-electron chi connectivity index (χ2n) is 6.41. The number of hydrogen-bond acceptors (Lipinski definition) is 5. The van der Waals surface area contributed by atoms with Gasteiger partial charge in [0.25, 0.3) is 0 Å². The van der Waals surface area contributed by atoms with Crippen LogP contribution < -0.4 is 15.4 Å². The largest absolute Gasteiger partial charge is 0.497 e. The number of methoxy groups -OCH3 is 1. The molecule has 136 valence electrons. The SMILES string of the molecule is COc1ccc(NC(=O)C(=O)NCC2COC3(CCCCC3)O2)cc1. The monoisotopic (exact) mass is 348 g/mol. The molecule has 0 bridgehead atoms. The van der Waals surface area contributed by atoms with Gasteiger partial charge in [-0.1, -0.05) is 6.42 Å². The fourth-order valence-electron chi connectivity index (χ4n) is 3.22. The molecular formula is C18H24N2O5. The fourth-order valence-corrected chi connectivity index (χ4v) is 3.22. The van der Waals surface area contributed by atoms with Crippen LogP contribution in [0.15, 0.2) is 24.3 Å². The third-order valence-corrected chi connectivity index (χ3v) is 4.57. The lowest BCUT2D eigenvalue weighted by Gasteiger charge is -2.31. The van der Waals surface area contributed by atoms with Gasteiger partial charge in [0.15, 0.2) is 5.79 Å². The molecule has 1 saturated carbocycles. The Morgan fingerprint density at radius 1 is 1.16 bits per heavy atom. The summed E-state index contributed by atoms with van der Waals surface area (Å²) in [6.07, 6.45) is 5.00. The normalized spacial score (nSPS) is 21.7. The highest BCUT2D eigenvalue weighted by atomic mass is 16.7. The predicted octanol–water partition coefficient (Wildman–Crippen LogP) is 1.83. The minimum absolute atomic E-state index is 0.212. The lowest BCUT2D eigenvalue weighted by molar-refractivity contribution is -0.186. The van der Waals surface area contributed by atoms with E-state index in [1.54, 1.807) is 31.4 Å². The van der Waals surface area contributed by atoms with Crippen molar-refractivity contribution < 1.29 is 23.8 Å². The quantitative estimate of drug-likeness (QED) is 0.811. The summed E-state index contributed by atoms with van der Waals surface area (Å²) in [5.41, 5.74) is 0.530. The first-order valence-corrected chi connectivity index (χ1v) is 8.65. The number of nitrogens with one attached hydrogen (secondary N) is 2. The van der Waals surface area contributed by atoms with Crippen LogP contribution >= 0.6 is 0 Å². The second kappa shape index (κ2) is 7.84. The standard InChI is InChI=1S/C18H24N2O5/c1-23-14-7-5-13(6-8-14)20-17(22)16(21)19-11-15-12-24-18(25-15)9-3-2-4-10-18/h5-8,15H,2-4,9-12H2,1H3,(H,19,21)(H,20,22). The van der Waals surface area contributed by atoms with Gasteiger partial charge in [0.05, 0.1) is 13.7 Å². The minimum atomic E-state index is -0.712. The highest BCUT2D eigenvalue weighted by Gasteiger charge is 2.42. The maximum atomic E-state index is 12.0. The van der Waals surface area contributed by atoms with Crippen LogP contribution in [0.5, 0.6) is 5.75 Å². The molecule has 2 amide bonds. The maximum Gasteiger partial charge on any atom is 0.313 e. The summed E-state index contributed by atoms with van der Waals surface area (Å²) >= 11 is 0. The van der Waals surface area contributed by atoms with Crippen molar-refractivity contribution in [3.63, 3.8) is 0 Å². The highest BCUT2D eigenvalue weighted by molar-refractivity contribution is 6.39. The Hall–Kier alpha value is -2.12. The van der Waals surface area contributed by atoms with Gasteiger partial charge >= 0.3 is 11.8 Å². The first-order valence-electron chi connectivity index (χ1n) is 8.65. The Morgan fingerprint density at radius 2 is 1.88 bits per heavy atom. The van der Waals surface area contributed by atoms with E-state index in [4.69, 9.17) is 14.2 Å². The molecule has 1 saturated heterocycles. The summed E-state index contributed by atoms with van der Waals surface area (Å²) < 4.78 is 16.8. The zero-order valence-electron chi connectivity index (χ0n) is 14.4. The van der Waals surface area contributed by atoms with Crippen LogP contribution in [0, 0.1) is 0 Å². The third-order valence-electron chi connectivity index (χ3n) is 4.57. The Morgan fingerprint density at radius 3 is 2.56 bits per heavy atom. The highest BCUT2D eigenvalue weighted by Crippen LogP contribution is 2.37. The maximum absolute atomic E-state index is 12.0. The molecular weight excluding hydrogens is 324 g/mol. The first kappa shape index (κ1) is 17.7. The molecule has 1 heterocycles. The molecule has 1 spiro atoms. The Balaban J connectivity index is 1.43. The Labute approximate surface area is 147 Å². The summed E-state index contributed by atoms with van der Waals surface area (Å²) in [4.78, 5) is 23.9. The molecule has 0 aromatic heterocycles. The molecule has 1 aromatic carbocycles. The fraction of sp³-hybridized carbons (Fsp3) is 0.556. The van der Waals surface area contributed by atoms with Crippen molar-refractivity contribution in [1.82, 2.24) is 5.32 Å². The molecule has 2 fully saturated rings. The lowest BCUT2D eigenvalue weighted by atomic mass is 9.94. The van der Waals surface area contributed by atoms with E-state index in [2.05, 4.69) is 10.6 Å². The molecule has 1 aromatic rings. The first-order chi connectivity index (χ1) is 12.1. The van der Waals surface area contributed by atoms with Crippen LogP contribution in [-0.4, -0.2) is 44.0 Å². The molecule has 0 radical (unpaired) electrons. The van der Waals surface area contributed by atoms with E-state index in [9.17, 15) is 9.59 Å². The minimum Gasteiger partial charge on any atom is -0.497 e. The lowest BCUT2D eigenvalue weighted by Crippen LogP contribution is -2.41. The van der Waals surface area contributed by atoms with Crippen LogP contribution in [0.2, 0.25) is 0 Å². The Bertz CT molecular complexity index is 610.